The largest absolute Gasteiger partial charge is 0.374 e. The first kappa shape index (κ1) is 20.9. The van der Waals surface area contributed by atoms with Crippen LogP contribution in [0.2, 0.25) is 0 Å². The molecule has 1 nitrogen and oxygen atoms in total. The Morgan fingerprint density at radius 1 is 1.00 bits per heavy atom. The van der Waals surface area contributed by atoms with Crippen molar-refractivity contribution in [2.45, 2.75) is 51.0 Å². The highest BCUT2D eigenvalue weighted by molar-refractivity contribution is 5.79. The zero-order valence-electron chi connectivity index (χ0n) is 16.9. The maximum atomic E-state index is 15.1. The number of halogens is 4. The van der Waals surface area contributed by atoms with Crippen molar-refractivity contribution in [3.63, 3.8) is 0 Å². The van der Waals surface area contributed by atoms with Crippen LogP contribution in [0.1, 0.15) is 54.4 Å². The smallest absolute Gasteiger partial charge is 0.167 e. The Morgan fingerprint density at radius 2 is 1.70 bits per heavy atom. The van der Waals surface area contributed by atoms with Crippen LogP contribution in [0.3, 0.4) is 0 Å². The van der Waals surface area contributed by atoms with Crippen LogP contribution >= 0.6 is 0 Å². The zero-order chi connectivity index (χ0) is 21.4. The van der Waals surface area contributed by atoms with Gasteiger partial charge < -0.3 is 4.74 Å². The summed E-state index contributed by atoms with van der Waals surface area (Å²) >= 11 is 0. The van der Waals surface area contributed by atoms with E-state index in [1.807, 2.05) is 19.1 Å². The lowest BCUT2D eigenvalue weighted by molar-refractivity contribution is 0.0320. The Hall–Kier alpha value is -2.40. The van der Waals surface area contributed by atoms with Crippen LogP contribution in [0.5, 0.6) is 0 Å². The molecule has 2 aromatic rings. The van der Waals surface area contributed by atoms with Crippen LogP contribution in [0.15, 0.2) is 36.9 Å². The molecule has 0 spiro atoms. The first-order chi connectivity index (χ1) is 14.5. The summed E-state index contributed by atoms with van der Waals surface area (Å²) in [7, 11) is 0. The van der Waals surface area contributed by atoms with Crippen molar-refractivity contribution in [2.24, 2.45) is 0 Å². The van der Waals surface area contributed by atoms with Gasteiger partial charge in [-0.05, 0) is 61.3 Å². The third-order valence-electron chi connectivity index (χ3n) is 6.14. The first-order valence-corrected chi connectivity index (χ1v) is 10.3. The van der Waals surface area contributed by atoms with E-state index < -0.39 is 23.3 Å². The van der Waals surface area contributed by atoms with Gasteiger partial charge in [0.15, 0.2) is 23.3 Å². The van der Waals surface area contributed by atoms with E-state index in [0.29, 0.717) is 36.8 Å². The number of allylic oxidation sites excluding steroid dienone is 2. The van der Waals surface area contributed by atoms with Crippen molar-refractivity contribution in [3.8, 4) is 11.1 Å². The third kappa shape index (κ3) is 3.49. The predicted octanol–water partition coefficient (Wildman–Crippen LogP) is 6.77. The fourth-order valence-corrected chi connectivity index (χ4v) is 4.55. The van der Waals surface area contributed by atoms with Crippen molar-refractivity contribution in [3.05, 3.63) is 82.5 Å². The number of aryl methyl sites for hydroxylation is 1. The molecule has 5 heteroatoms. The van der Waals surface area contributed by atoms with Gasteiger partial charge in [0, 0.05) is 17.0 Å². The number of hydrogen-bond acceptors (Lipinski definition) is 1. The zero-order valence-corrected chi connectivity index (χ0v) is 16.9. The summed E-state index contributed by atoms with van der Waals surface area (Å²) in [4.78, 5) is 0. The van der Waals surface area contributed by atoms with Gasteiger partial charge >= 0.3 is 0 Å². The second kappa shape index (κ2) is 8.38. The third-order valence-corrected chi connectivity index (χ3v) is 6.14. The van der Waals surface area contributed by atoms with E-state index in [4.69, 9.17) is 4.74 Å². The molecule has 0 aromatic heterocycles. The number of rotatable bonds is 5. The molecule has 4 rings (SSSR count). The van der Waals surface area contributed by atoms with E-state index in [-0.39, 0.29) is 47.3 Å². The summed E-state index contributed by atoms with van der Waals surface area (Å²) in [6, 6.07) is 3.19. The van der Waals surface area contributed by atoms with Gasteiger partial charge in [-0.15, -0.1) is 6.58 Å². The Bertz CT molecular complexity index is 1020. The van der Waals surface area contributed by atoms with E-state index in [2.05, 4.69) is 6.58 Å². The lowest BCUT2D eigenvalue weighted by atomic mass is 9.88. The highest BCUT2D eigenvalue weighted by Crippen LogP contribution is 2.45. The number of ether oxygens (including phenoxy) is 1. The van der Waals surface area contributed by atoms with Crippen LogP contribution in [0.25, 0.3) is 11.1 Å². The Balaban J connectivity index is 1.72. The van der Waals surface area contributed by atoms with Gasteiger partial charge in [-0.1, -0.05) is 30.4 Å². The van der Waals surface area contributed by atoms with E-state index in [0.717, 1.165) is 0 Å². The minimum atomic E-state index is -1.10. The molecule has 30 heavy (non-hydrogen) atoms. The molecular formula is C25H24F4O. The molecule has 0 radical (unpaired) electrons. The van der Waals surface area contributed by atoms with Crippen LogP contribution in [0, 0.1) is 23.3 Å². The van der Waals surface area contributed by atoms with Crippen LogP contribution in [-0.4, -0.2) is 12.7 Å². The molecule has 1 saturated heterocycles. The highest BCUT2D eigenvalue weighted by atomic mass is 19.2. The van der Waals surface area contributed by atoms with Crippen LogP contribution in [0.4, 0.5) is 17.6 Å². The number of fused-ring (bicyclic) bond motifs is 3. The summed E-state index contributed by atoms with van der Waals surface area (Å²) in [6.07, 6.45) is 7.88. The SMILES string of the molecule is C=CC1CCC(c2cc3c(c(F)c2F)-c2c(cc(CC/C=C/C)c(F)c2F)C3)CO1. The molecule has 1 fully saturated rings. The molecule has 0 bridgehead atoms. The number of benzene rings is 2. The molecule has 158 valence electrons. The molecule has 2 atom stereocenters. The van der Waals surface area contributed by atoms with E-state index >= 15 is 4.39 Å². The van der Waals surface area contributed by atoms with Gasteiger partial charge in [-0.25, -0.2) is 17.6 Å². The molecule has 1 aliphatic heterocycles. The highest BCUT2D eigenvalue weighted by Gasteiger charge is 2.34. The summed E-state index contributed by atoms with van der Waals surface area (Å²) in [6.45, 7) is 5.84. The molecule has 2 aromatic carbocycles. The van der Waals surface area contributed by atoms with E-state index in [1.54, 1.807) is 18.2 Å². The Kier molecular flexibility index (Phi) is 5.83. The number of hydrogen-bond donors (Lipinski definition) is 0. The lowest BCUT2D eigenvalue weighted by Crippen LogP contribution is -2.24. The average Bonchev–Trinajstić information content (AvgIpc) is 3.13. The van der Waals surface area contributed by atoms with Gasteiger partial charge in [-0.3, -0.25) is 0 Å². The molecule has 1 heterocycles. The first-order valence-electron chi connectivity index (χ1n) is 10.3. The topological polar surface area (TPSA) is 9.23 Å². The quantitative estimate of drug-likeness (QED) is 0.329. The molecule has 2 unspecified atom stereocenters. The van der Waals surface area contributed by atoms with Gasteiger partial charge in [0.25, 0.3) is 0 Å². The van der Waals surface area contributed by atoms with Crippen LogP contribution in [-0.2, 0) is 17.6 Å². The summed E-state index contributed by atoms with van der Waals surface area (Å²) in [5.74, 6) is -4.45. The fourth-order valence-electron chi connectivity index (χ4n) is 4.55. The van der Waals surface area contributed by atoms with Crippen molar-refractivity contribution >= 4 is 0 Å². The maximum absolute atomic E-state index is 15.1. The Labute approximate surface area is 174 Å². The monoisotopic (exact) mass is 416 g/mol. The molecule has 0 amide bonds. The standard InChI is InChI=1S/C25H24F4O/c1-3-5-6-7-14-10-16-11-17-12-19(15-8-9-18(4-2)30-13-15)23(27)25(29)21(17)20(16)24(28)22(14)26/h3-5,10,12,15,18H,2,6-9,11,13H2,1H3/b5-3+. The average molecular weight is 416 g/mol. The van der Waals surface area contributed by atoms with Gasteiger partial charge in [0.05, 0.1) is 12.7 Å². The van der Waals surface area contributed by atoms with E-state index in [9.17, 15) is 13.2 Å². The normalized spacial score (nSPS) is 20.4. The maximum Gasteiger partial charge on any atom is 0.167 e. The fraction of sp³-hybridized carbons (Fsp3) is 0.360. The van der Waals surface area contributed by atoms with Gasteiger partial charge in [0.1, 0.15) is 0 Å². The summed E-state index contributed by atoms with van der Waals surface area (Å²) in [5.41, 5.74) is 1.20. The van der Waals surface area contributed by atoms with Gasteiger partial charge in [-0.2, -0.15) is 0 Å². The molecule has 0 N–H and O–H groups in total. The second-order valence-electron chi connectivity index (χ2n) is 7.99. The summed E-state index contributed by atoms with van der Waals surface area (Å²) in [5, 5.41) is 0. The van der Waals surface area contributed by atoms with Crippen molar-refractivity contribution in [2.75, 3.05) is 6.61 Å². The molecule has 1 aliphatic carbocycles. The minimum absolute atomic E-state index is 0.0779. The Morgan fingerprint density at radius 3 is 2.33 bits per heavy atom. The van der Waals surface area contributed by atoms with Crippen molar-refractivity contribution < 1.29 is 22.3 Å². The molecule has 2 aliphatic rings. The van der Waals surface area contributed by atoms with Crippen LogP contribution < -0.4 is 0 Å². The lowest BCUT2D eigenvalue weighted by Gasteiger charge is -2.28. The summed E-state index contributed by atoms with van der Waals surface area (Å²) < 4.78 is 65.2. The minimum Gasteiger partial charge on any atom is -0.374 e. The van der Waals surface area contributed by atoms with E-state index in [1.165, 1.54) is 0 Å². The second-order valence-corrected chi connectivity index (χ2v) is 7.99. The molecular weight excluding hydrogens is 392 g/mol. The van der Waals surface area contributed by atoms with Crippen molar-refractivity contribution in [1.29, 1.82) is 0 Å². The predicted molar refractivity (Wildman–Crippen MR) is 110 cm³/mol. The van der Waals surface area contributed by atoms with Gasteiger partial charge in [0.2, 0.25) is 0 Å². The van der Waals surface area contributed by atoms with Crippen molar-refractivity contribution in [1.82, 2.24) is 0 Å². The molecule has 0 saturated carbocycles.